The number of hydrogen-bond donors (Lipinski definition) is 2. The van der Waals surface area contributed by atoms with Crippen LogP contribution in [0.25, 0.3) is 0 Å². The molecule has 0 aliphatic carbocycles. The highest BCUT2D eigenvalue weighted by molar-refractivity contribution is 7.88. The van der Waals surface area contributed by atoms with E-state index in [1.165, 1.54) is 11.0 Å². The van der Waals surface area contributed by atoms with Crippen molar-refractivity contribution >= 4 is 34.8 Å². The van der Waals surface area contributed by atoms with E-state index in [-0.39, 0.29) is 31.4 Å². The van der Waals surface area contributed by atoms with Crippen LogP contribution in [0.4, 0.5) is 4.79 Å². The van der Waals surface area contributed by atoms with E-state index in [0.717, 1.165) is 4.31 Å². The Labute approximate surface area is 141 Å². The Balaban J connectivity index is 2.20. The third-order valence-corrected chi connectivity index (χ3v) is 5.68. The molecule has 10 heteroatoms. The summed E-state index contributed by atoms with van der Waals surface area (Å²) in [5, 5.41) is -0.216. The number of amides is 2. The molecule has 2 amide bonds. The average molecular weight is 363 g/mol. The first kappa shape index (κ1) is 18.1. The van der Waals surface area contributed by atoms with Crippen LogP contribution in [-0.4, -0.2) is 66.2 Å². The quantitative estimate of drug-likeness (QED) is 0.549. The van der Waals surface area contributed by atoms with Gasteiger partial charge in [-0.15, -0.1) is 0 Å². The molecule has 0 aromatic rings. The fourth-order valence-corrected chi connectivity index (χ4v) is 4.81. The molecule has 2 rings (SSSR count). The highest BCUT2D eigenvalue weighted by Crippen LogP contribution is 2.28. The van der Waals surface area contributed by atoms with Crippen molar-refractivity contribution in [3.05, 3.63) is 12.7 Å². The zero-order valence-electron chi connectivity index (χ0n) is 13.1. The Morgan fingerprint density at radius 1 is 1.48 bits per heavy atom. The first-order chi connectivity index (χ1) is 10.6. The van der Waals surface area contributed by atoms with Gasteiger partial charge in [0.2, 0.25) is 0 Å². The number of hydrogen-bond acceptors (Lipinski definition) is 6. The van der Waals surface area contributed by atoms with E-state index in [9.17, 15) is 18.0 Å². The summed E-state index contributed by atoms with van der Waals surface area (Å²) < 4.78 is 32.4. The number of ether oxygens (including phenoxy) is 1. The normalized spacial score (nSPS) is 28.7. The van der Waals surface area contributed by atoms with Crippen LogP contribution in [0.5, 0.6) is 0 Å². The summed E-state index contributed by atoms with van der Waals surface area (Å²) in [6, 6.07) is -0.903. The monoisotopic (exact) mass is 363 g/mol. The van der Waals surface area contributed by atoms with Gasteiger partial charge in [0.05, 0.1) is 6.54 Å². The zero-order chi connectivity index (χ0) is 17.4. The summed E-state index contributed by atoms with van der Waals surface area (Å²) in [6.07, 6.45) is 1.02. The van der Waals surface area contributed by atoms with E-state index in [2.05, 4.69) is 23.9 Å². The van der Waals surface area contributed by atoms with Gasteiger partial charge in [-0.3, -0.25) is 9.69 Å². The Bertz CT molecular complexity index is 619. The fraction of sp³-hybridized carbons (Fsp3) is 0.692. The lowest BCUT2D eigenvalue weighted by Gasteiger charge is -2.26. The third-order valence-electron chi connectivity index (χ3n) is 3.60. The van der Waals surface area contributed by atoms with E-state index < -0.39 is 33.8 Å². The molecule has 23 heavy (non-hydrogen) atoms. The summed E-state index contributed by atoms with van der Waals surface area (Å²) >= 11 is 4.31. The van der Waals surface area contributed by atoms with Gasteiger partial charge in [-0.1, -0.05) is 12.7 Å². The lowest BCUT2D eigenvalue weighted by atomic mass is 10.1. The minimum atomic E-state index is -3.90. The van der Waals surface area contributed by atoms with Crippen LogP contribution in [0.1, 0.15) is 20.3 Å². The van der Waals surface area contributed by atoms with E-state index in [1.807, 2.05) is 0 Å². The maximum absolute atomic E-state index is 12.7. The van der Waals surface area contributed by atoms with Crippen molar-refractivity contribution in [3.8, 4) is 0 Å². The van der Waals surface area contributed by atoms with Crippen LogP contribution >= 0.6 is 12.6 Å². The number of rotatable bonds is 3. The van der Waals surface area contributed by atoms with Gasteiger partial charge >= 0.3 is 16.3 Å². The molecule has 0 aromatic carbocycles. The van der Waals surface area contributed by atoms with Crippen molar-refractivity contribution in [1.82, 2.24) is 13.9 Å². The van der Waals surface area contributed by atoms with Gasteiger partial charge in [0.25, 0.3) is 5.91 Å². The van der Waals surface area contributed by atoms with Crippen molar-refractivity contribution in [3.63, 3.8) is 0 Å². The molecule has 2 heterocycles. The second kappa shape index (κ2) is 6.33. The van der Waals surface area contributed by atoms with Crippen molar-refractivity contribution in [2.24, 2.45) is 0 Å². The van der Waals surface area contributed by atoms with Crippen molar-refractivity contribution in [1.29, 1.82) is 0 Å². The number of nitrogens with zero attached hydrogens (tertiary/aromatic N) is 2. The predicted molar refractivity (Wildman–Crippen MR) is 87.3 cm³/mol. The van der Waals surface area contributed by atoms with Crippen LogP contribution in [0.3, 0.4) is 0 Å². The maximum Gasteiger partial charge on any atom is 0.410 e. The second-order valence-electron chi connectivity index (χ2n) is 6.26. The van der Waals surface area contributed by atoms with Gasteiger partial charge in [-0.25, -0.2) is 9.10 Å². The minimum absolute atomic E-state index is 0.0114. The van der Waals surface area contributed by atoms with Gasteiger partial charge in [-0.2, -0.15) is 25.8 Å². The first-order valence-corrected chi connectivity index (χ1v) is 9.11. The Kier molecular flexibility index (Phi) is 4.97. The lowest BCUT2D eigenvalue weighted by Crippen LogP contribution is -2.49. The Morgan fingerprint density at radius 2 is 2.13 bits per heavy atom. The molecule has 2 aliphatic heterocycles. The SMILES string of the molecule is C=CCOC(=O)N1C[C@@H](S)C[C@H]1C(=O)N1CC(C)(C)NS1(=O)=O. The summed E-state index contributed by atoms with van der Waals surface area (Å²) in [4.78, 5) is 26.0. The highest BCUT2D eigenvalue weighted by Gasteiger charge is 2.49. The number of nitrogens with one attached hydrogen (secondary N) is 1. The summed E-state index contributed by atoms with van der Waals surface area (Å²) in [7, 11) is -3.90. The molecule has 130 valence electrons. The number of carbonyl (C=O) groups excluding carboxylic acids is 2. The Morgan fingerprint density at radius 3 is 2.65 bits per heavy atom. The first-order valence-electron chi connectivity index (χ1n) is 7.15. The van der Waals surface area contributed by atoms with E-state index >= 15 is 0 Å². The average Bonchev–Trinajstić information content (AvgIpc) is 2.91. The number of carbonyl (C=O) groups is 2. The van der Waals surface area contributed by atoms with Crippen molar-refractivity contribution in [2.45, 2.75) is 37.1 Å². The number of likely N-dealkylation sites (tertiary alicyclic amines) is 1. The molecule has 0 saturated carbocycles. The number of thiol groups is 1. The molecule has 2 saturated heterocycles. The molecule has 0 bridgehead atoms. The molecule has 0 spiro atoms. The zero-order valence-corrected chi connectivity index (χ0v) is 14.8. The topological polar surface area (TPSA) is 96.0 Å². The van der Waals surface area contributed by atoms with E-state index in [1.54, 1.807) is 13.8 Å². The highest BCUT2D eigenvalue weighted by atomic mass is 32.2. The molecule has 0 unspecified atom stereocenters. The Hall–Kier alpha value is -1.26. The van der Waals surface area contributed by atoms with Crippen LogP contribution < -0.4 is 4.72 Å². The van der Waals surface area contributed by atoms with E-state index in [0.29, 0.717) is 0 Å². The molecule has 8 nitrogen and oxygen atoms in total. The van der Waals surface area contributed by atoms with Gasteiger partial charge < -0.3 is 4.74 Å². The summed E-state index contributed by atoms with van der Waals surface area (Å²) in [5.74, 6) is -0.643. The predicted octanol–water partition coefficient (Wildman–Crippen LogP) is 0.137. The molecule has 2 aliphatic rings. The van der Waals surface area contributed by atoms with Crippen LogP contribution in [-0.2, 0) is 19.7 Å². The van der Waals surface area contributed by atoms with Gasteiger partial charge in [0, 0.05) is 17.3 Å². The standard InChI is InChI=1S/C13H21N3O5S2/c1-4-5-21-12(18)15-7-9(22)6-10(15)11(17)16-8-13(2,3)14-23(16,19)20/h4,9-10,14,22H,1,5-8H2,2-3H3/t9-,10-/m0/s1. The lowest BCUT2D eigenvalue weighted by molar-refractivity contribution is -0.130. The van der Waals surface area contributed by atoms with Crippen molar-refractivity contribution in [2.75, 3.05) is 19.7 Å². The second-order valence-corrected chi connectivity index (χ2v) is 8.58. The molecule has 2 atom stereocenters. The summed E-state index contributed by atoms with van der Waals surface area (Å²) in [6.45, 7) is 7.07. The van der Waals surface area contributed by atoms with Crippen LogP contribution in [0.15, 0.2) is 12.7 Å². The molecule has 1 N–H and O–H groups in total. The van der Waals surface area contributed by atoms with Crippen LogP contribution in [0.2, 0.25) is 0 Å². The third kappa shape index (κ3) is 3.81. The van der Waals surface area contributed by atoms with Gasteiger partial charge in [0.15, 0.2) is 0 Å². The largest absolute Gasteiger partial charge is 0.445 e. The van der Waals surface area contributed by atoms with Crippen LogP contribution in [0, 0.1) is 0 Å². The fourth-order valence-electron chi connectivity index (χ4n) is 2.71. The van der Waals surface area contributed by atoms with Gasteiger partial charge in [-0.05, 0) is 20.3 Å². The molecule has 0 radical (unpaired) electrons. The van der Waals surface area contributed by atoms with Crippen molar-refractivity contribution < 1.29 is 22.7 Å². The molecule has 0 aromatic heterocycles. The minimum Gasteiger partial charge on any atom is -0.445 e. The maximum atomic E-state index is 12.7. The molecular formula is C13H21N3O5S2. The van der Waals surface area contributed by atoms with Gasteiger partial charge in [0.1, 0.15) is 12.6 Å². The molecule has 2 fully saturated rings. The summed E-state index contributed by atoms with van der Waals surface area (Å²) in [5.41, 5.74) is -0.748. The van der Waals surface area contributed by atoms with E-state index in [4.69, 9.17) is 4.74 Å². The molecular weight excluding hydrogens is 342 g/mol. The smallest absolute Gasteiger partial charge is 0.410 e.